The molecule has 0 saturated heterocycles. The van der Waals surface area contributed by atoms with Gasteiger partial charge in [0.2, 0.25) is 0 Å². The Hall–Kier alpha value is -1.04. The van der Waals surface area contributed by atoms with Crippen LogP contribution in [-0.4, -0.2) is 0 Å². The van der Waals surface area contributed by atoms with E-state index in [0.717, 1.165) is 6.42 Å². The molecule has 0 radical (unpaired) electrons. The van der Waals surface area contributed by atoms with Crippen LogP contribution in [0.4, 0.5) is 0 Å². The van der Waals surface area contributed by atoms with Gasteiger partial charge >= 0.3 is 0 Å². The predicted octanol–water partition coefficient (Wildman–Crippen LogP) is 4.03. The molecule has 0 aliphatic heterocycles. The molecule has 13 heavy (non-hydrogen) atoms. The largest absolute Gasteiger partial charge is 0.0991 e. The van der Waals surface area contributed by atoms with Crippen molar-refractivity contribution in [1.29, 1.82) is 0 Å². The minimum Gasteiger partial charge on any atom is -0.0991 e. The maximum Gasteiger partial charge on any atom is -0.00664 e. The Bertz CT molecular complexity index is 285. The molecule has 0 fully saturated rings. The molecule has 0 aromatic carbocycles. The van der Waals surface area contributed by atoms with E-state index in [1.54, 1.807) is 0 Å². The fraction of sp³-hybridized carbons (Fsp3) is 0.385. The first-order valence-electron chi connectivity index (χ1n) is 4.73. The first-order chi connectivity index (χ1) is 6.06. The average Bonchev–Trinajstić information content (AvgIpc) is 2.01. The quantitative estimate of drug-likeness (QED) is 0.554. The first-order valence-corrected chi connectivity index (χ1v) is 4.73. The van der Waals surface area contributed by atoms with Crippen LogP contribution < -0.4 is 0 Å². The molecule has 0 atom stereocenters. The summed E-state index contributed by atoms with van der Waals surface area (Å²) < 4.78 is 0. The van der Waals surface area contributed by atoms with Gasteiger partial charge in [-0.05, 0) is 24.3 Å². The van der Waals surface area contributed by atoms with Crippen molar-refractivity contribution in [3.05, 3.63) is 48.1 Å². The zero-order valence-electron chi connectivity index (χ0n) is 8.80. The number of rotatable bonds is 2. The van der Waals surface area contributed by atoms with Gasteiger partial charge in [0.25, 0.3) is 0 Å². The molecule has 0 N–H and O–H groups in total. The van der Waals surface area contributed by atoms with Crippen LogP contribution in [-0.2, 0) is 0 Å². The lowest BCUT2D eigenvalue weighted by molar-refractivity contribution is 0.447. The predicted molar refractivity (Wildman–Crippen MR) is 59.6 cm³/mol. The van der Waals surface area contributed by atoms with Gasteiger partial charge in [0.1, 0.15) is 0 Å². The zero-order valence-corrected chi connectivity index (χ0v) is 8.80. The van der Waals surface area contributed by atoms with Crippen molar-refractivity contribution in [3.63, 3.8) is 0 Å². The average molecular weight is 174 g/mol. The lowest BCUT2D eigenvalue weighted by atomic mass is 9.75. The van der Waals surface area contributed by atoms with Gasteiger partial charge < -0.3 is 0 Å². The van der Waals surface area contributed by atoms with Gasteiger partial charge in [0.15, 0.2) is 0 Å². The van der Waals surface area contributed by atoms with E-state index in [1.807, 2.05) is 12.2 Å². The molecule has 1 rings (SSSR count). The summed E-state index contributed by atoms with van der Waals surface area (Å²) in [5.41, 5.74) is 3.12. The van der Waals surface area contributed by atoms with Crippen molar-refractivity contribution in [2.75, 3.05) is 0 Å². The van der Waals surface area contributed by atoms with Crippen LogP contribution in [0.3, 0.4) is 0 Å². The topological polar surface area (TPSA) is 0 Å². The Balaban J connectivity index is 2.92. The normalized spacial score (nSPS) is 21.2. The van der Waals surface area contributed by atoms with Crippen molar-refractivity contribution in [3.8, 4) is 0 Å². The maximum absolute atomic E-state index is 3.68. The summed E-state index contributed by atoms with van der Waals surface area (Å²) >= 11 is 0. The number of hydrogen-bond donors (Lipinski definition) is 0. The van der Waals surface area contributed by atoms with E-state index in [2.05, 4.69) is 45.6 Å². The summed E-state index contributed by atoms with van der Waals surface area (Å²) in [7, 11) is 0. The van der Waals surface area contributed by atoms with E-state index < -0.39 is 0 Å². The van der Waals surface area contributed by atoms with E-state index in [-0.39, 0.29) is 5.41 Å². The molecule has 0 aromatic heterocycles. The smallest absolute Gasteiger partial charge is 0.00664 e. The van der Waals surface area contributed by atoms with Crippen molar-refractivity contribution in [1.82, 2.24) is 0 Å². The lowest BCUT2D eigenvalue weighted by Gasteiger charge is -2.29. The molecule has 0 bridgehead atoms. The first kappa shape index (κ1) is 10.0. The maximum atomic E-state index is 3.68. The Morgan fingerprint density at radius 3 is 2.62 bits per heavy atom. The SMILES string of the molecule is C=C/C=C/C1=CC=C(C)CC1(C)C. The van der Waals surface area contributed by atoms with Crippen molar-refractivity contribution >= 4 is 0 Å². The van der Waals surface area contributed by atoms with Gasteiger partial charge in [-0.25, -0.2) is 0 Å². The van der Waals surface area contributed by atoms with Crippen LogP contribution in [0.1, 0.15) is 27.2 Å². The third kappa shape index (κ3) is 2.45. The van der Waals surface area contributed by atoms with Crippen molar-refractivity contribution in [2.45, 2.75) is 27.2 Å². The monoisotopic (exact) mass is 174 g/mol. The molecular formula is C13H18. The van der Waals surface area contributed by atoms with Gasteiger partial charge in [-0.15, -0.1) is 0 Å². The van der Waals surface area contributed by atoms with E-state index in [9.17, 15) is 0 Å². The van der Waals surface area contributed by atoms with E-state index in [1.165, 1.54) is 11.1 Å². The second-order valence-electron chi connectivity index (χ2n) is 4.29. The fourth-order valence-corrected chi connectivity index (χ4v) is 1.77. The van der Waals surface area contributed by atoms with Gasteiger partial charge in [-0.3, -0.25) is 0 Å². The molecule has 0 nitrogen and oxygen atoms in total. The molecule has 0 spiro atoms. The summed E-state index contributed by atoms with van der Waals surface area (Å²) in [6.07, 6.45) is 11.5. The van der Waals surface area contributed by atoms with Crippen molar-refractivity contribution < 1.29 is 0 Å². The summed E-state index contributed by atoms with van der Waals surface area (Å²) in [5.74, 6) is 0. The Morgan fingerprint density at radius 2 is 2.08 bits per heavy atom. The highest BCUT2D eigenvalue weighted by Crippen LogP contribution is 2.37. The Morgan fingerprint density at radius 1 is 1.38 bits per heavy atom. The molecule has 0 aromatic rings. The van der Waals surface area contributed by atoms with Crippen molar-refractivity contribution in [2.24, 2.45) is 5.41 Å². The molecule has 0 amide bonds. The summed E-state index contributed by atoms with van der Waals surface area (Å²) in [4.78, 5) is 0. The standard InChI is InChI=1S/C13H18/c1-5-6-7-12-9-8-11(2)10-13(12,3)4/h5-9H,1,10H2,2-4H3/b7-6+. The second kappa shape index (κ2) is 3.78. The van der Waals surface area contributed by atoms with E-state index in [0.29, 0.717) is 0 Å². The highest BCUT2D eigenvalue weighted by atomic mass is 14.3. The molecule has 1 aliphatic rings. The lowest BCUT2D eigenvalue weighted by Crippen LogP contribution is -2.16. The molecule has 1 aliphatic carbocycles. The molecule has 0 heteroatoms. The summed E-state index contributed by atoms with van der Waals surface area (Å²) in [6, 6.07) is 0. The summed E-state index contributed by atoms with van der Waals surface area (Å²) in [6.45, 7) is 10.4. The van der Waals surface area contributed by atoms with Gasteiger partial charge in [0, 0.05) is 0 Å². The number of allylic oxidation sites excluding steroid dienone is 7. The van der Waals surface area contributed by atoms with E-state index in [4.69, 9.17) is 0 Å². The van der Waals surface area contributed by atoms with Crippen LogP contribution in [0.5, 0.6) is 0 Å². The fourth-order valence-electron chi connectivity index (χ4n) is 1.77. The molecule has 0 saturated carbocycles. The molecule has 0 unspecified atom stereocenters. The molecule has 0 heterocycles. The van der Waals surface area contributed by atoms with Gasteiger partial charge in [-0.1, -0.05) is 56.4 Å². The highest BCUT2D eigenvalue weighted by Gasteiger charge is 2.23. The van der Waals surface area contributed by atoms with Crippen LogP contribution in [0.25, 0.3) is 0 Å². The third-order valence-corrected chi connectivity index (χ3v) is 2.46. The Labute approximate surface area is 81.4 Å². The van der Waals surface area contributed by atoms with Gasteiger partial charge in [0.05, 0.1) is 0 Å². The summed E-state index contributed by atoms with van der Waals surface area (Å²) in [5, 5.41) is 0. The Kier molecular flexibility index (Phi) is 2.92. The third-order valence-electron chi connectivity index (χ3n) is 2.46. The zero-order chi connectivity index (χ0) is 9.90. The molecule has 70 valence electrons. The minimum atomic E-state index is 0.276. The number of hydrogen-bond acceptors (Lipinski definition) is 0. The highest BCUT2D eigenvalue weighted by molar-refractivity contribution is 5.36. The van der Waals surface area contributed by atoms with Gasteiger partial charge in [-0.2, -0.15) is 0 Å². The molecular weight excluding hydrogens is 156 g/mol. The van der Waals surface area contributed by atoms with Crippen LogP contribution in [0, 0.1) is 5.41 Å². The van der Waals surface area contributed by atoms with E-state index >= 15 is 0 Å². The minimum absolute atomic E-state index is 0.276. The van der Waals surface area contributed by atoms with Crippen LogP contribution in [0.15, 0.2) is 48.1 Å². The van der Waals surface area contributed by atoms with Crippen LogP contribution in [0.2, 0.25) is 0 Å². The van der Waals surface area contributed by atoms with Crippen LogP contribution >= 0.6 is 0 Å². The second-order valence-corrected chi connectivity index (χ2v) is 4.29.